The van der Waals surface area contributed by atoms with E-state index in [1.165, 1.54) is 24.0 Å². The van der Waals surface area contributed by atoms with Crippen molar-refractivity contribution < 1.29 is 23.9 Å². The molecule has 0 unspecified atom stereocenters. The van der Waals surface area contributed by atoms with E-state index in [4.69, 9.17) is 9.47 Å². The zero-order valence-corrected chi connectivity index (χ0v) is 22.6. The first-order valence-corrected chi connectivity index (χ1v) is 14.0. The van der Waals surface area contributed by atoms with Gasteiger partial charge in [-0.05, 0) is 112 Å². The second-order valence-corrected chi connectivity index (χ2v) is 10.4. The monoisotopic (exact) mass is 520 g/mol. The summed E-state index contributed by atoms with van der Waals surface area (Å²) in [6, 6.07) is 11.6. The molecule has 0 spiro atoms. The number of esters is 1. The molecule has 1 fully saturated rings. The first kappa shape index (κ1) is 27.7. The van der Waals surface area contributed by atoms with Crippen LogP contribution in [-0.2, 0) is 28.8 Å². The summed E-state index contributed by atoms with van der Waals surface area (Å²) in [5, 5.41) is 6.07. The van der Waals surface area contributed by atoms with Gasteiger partial charge >= 0.3 is 5.97 Å². The maximum atomic E-state index is 13.0. The third kappa shape index (κ3) is 7.15. The summed E-state index contributed by atoms with van der Waals surface area (Å²) in [7, 11) is 1.56. The normalized spacial score (nSPS) is 18.7. The molecule has 4 rings (SSSR count). The Morgan fingerprint density at radius 3 is 2.39 bits per heavy atom. The quantitative estimate of drug-likeness (QED) is 0.445. The van der Waals surface area contributed by atoms with Gasteiger partial charge in [0.15, 0.2) is 0 Å². The van der Waals surface area contributed by atoms with Crippen LogP contribution in [0.4, 0.5) is 0 Å². The average molecular weight is 521 g/mol. The molecule has 38 heavy (non-hydrogen) atoms. The summed E-state index contributed by atoms with van der Waals surface area (Å²) < 4.78 is 10.6. The Morgan fingerprint density at radius 1 is 0.895 bits per heavy atom. The van der Waals surface area contributed by atoms with Gasteiger partial charge < -0.3 is 20.1 Å². The van der Waals surface area contributed by atoms with Crippen LogP contribution >= 0.6 is 0 Å². The lowest BCUT2D eigenvalue weighted by atomic mass is 9.82. The topological polar surface area (TPSA) is 93.7 Å². The predicted octanol–water partition coefficient (Wildman–Crippen LogP) is 4.65. The third-order valence-electron chi connectivity index (χ3n) is 7.84. The smallest absolute Gasteiger partial charge is 0.308 e. The van der Waals surface area contributed by atoms with Crippen molar-refractivity contribution in [3.8, 4) is 5.75 Å². The van der Waals surface area contributed by atoms with Crippen LogP contribution < -0.4 is 15.4 Å². The SMILES string of the molecule is CCOC(=O)C1CCC(CNC(=O)c2cc(CCNC(=O)c3ccc4c(c3)CCCC4)ccc2OC)CC1. The minimum absolute atomic E-state index is 0.0218. The van der Waals surface area contributed by atoms with Crippen LogP contribution in [0.25, 0.3) is 0 Å². The van der Waals surface area contributed by atoms with Crippen molar-refractivity contribution in [2.75, 3.05) is 26.8 Å². The van der Waals surface area contributed by atoms with Crippen LogP contribution in [0.15, 0.2) is 36.4 Å². The third-order valence-corrected chi connectivity index (χ3v) is 7.84. The first-order chi connectivity index (χ1) is 18.5. The molecule has 2 amide bonds. The predicted molar refractivity (Wildman–Crippen MR) is 147 cm³/mol. The average Bonchev–Trinajstić information content (AvgIpc) is 2.95. The number of rotatable bonds is 10. The Kier molecular flexibility index (Phi) is 9.79. The van der Waals surface area contributed by atoms with Gasteiger partial charge in [0.1, 0.15) is 5.75 Å². The Balaban J connectivity index is 1.27. The van der Waals surface area contributed by atoms with E-state index >= 15 is 0 Å². The van der Waals surface area contributed by atoms with Crippen molar-refractivity contribution >= 4 is 17.8 Å². The van der Waals surface area contributed by atoms with Crippen LogP contribution in [0.3, 0.4) is 0 Å². The number of hydrogen-bond donors (Lipinski definition) is 2. The number of benzene rings is 2. The van der Waals surface area contributed by atoms with Crippen molar-refractivity contribution in [1.82, 2.24) is 10.6 Å². The lowest BCUT2D eigenvalue weighted by Crippen LogP contribution is -2.33. The molecule has 7 heteroatoms. The number of amides is 2. The molecule has 0 aromatic heterocycles. The molecule has 0 atom stereocenters. The maximum Gasteiger partial charge on any atom is 0.308 e. The van der Waals surface area contributed by atoms with Gasteiger partial charge in [0, 0.05) is 18.7 Å². The fourth-order valence-corrected chi connectivity index (χ4v) is 5.58. The van der Waals surface area contributed by atoms with Gasteiger partial charge in [-0.3, -0.25) is 14.4 Å². The molecule has 1 saturated carbocycles. The Hall–Kier alpha value is -3.35. The van der Waals surface area contributed by atoms with E-state index in [0.29, 0.717) is 48.9 Å². The highest BCUT2D eigenvalue weighted by molar-refractivity contribution is 5.97. The molecule has 2 N–H and O–H groups in total. The van der Waals surface area contributed by atoms with Crippen molar-refractivity contribution in [2.45, 2.75) is 64.7 Å². The highest BCUT2D eigenvalue weighted by Gasteiger charge is 2.27. The molecule has 0 saturated heterocycles. The van der Waals surface area contributed by atoms with E-state index in [9.17, 15) is 14.4 Å². The highest BCUT2D eigenvalue weighted by Crippen LogP contribution is 2.29. The Labute approximate surface area is 225 Å². The van der Waals surface area contributed by atoms with Gasteiger partial charge in [0.05, 0.1) is 25.2 Å². The summed E-state index contributed by atoms with van der Waals surface area (Å²) in [4.78, 5) is 37.7. The molecule has 0 heterocycles. The van der Waals surface area contributed by atoms with E-state index < -0.39 is 0 Å². The van der Waals surface area contributed by atoms with E-state index in [2.05, 4.69) is 16.7 Å². The first-order valence-electron chi connectivity index (χ1n) is 14.0. The molecule has 0 bridgehead atoms. The molecule has 7 nitrogen and oxygen atoms in total. The molecule has 0 aliphatic heterocycles. The number of aryl methyl sites for hydroxylation is 2. The Bertz CT molecular complexity index is 1140. The summed E-state index contributed by atoms with van der Waals surface area (Å²) in [5.41, 5.74) is 4.81. The molecule has 2 aromatic rings. The number of ether oxygens (including phenoxy) is 2. The van der Waals surface area contributed by atoms with E-state index in [1.807, 2.05) is 31.2 Å². The fourth-order valence-electron chi connectivity index (χ4n) is 5.58. The highest BCUT2D eigenvalue weighted by atomic mass is 16.5. The van der Waals surface area contributed by atoms with Crippen LogP contribution in [-0.4, -0.2) is 44.6 Å². The molecular weight excluding hydrogens is 480 g/mol. The Morgan fingerprint density at radius 2 is 1.66 bits per heavy atom. The standard InChI is InChI=1S/C31H40N2O5/c1-3-38-31(36)24-11-8-22(9-12-24)20-33-30(35)27-18-21(10-15-28(27)37-2)16-17-32-29(34)26-14-13-23-6-4-5-7-25(23)19-26/h10,13-15,18-19,22,24H,3-9,11-12,16-17,20H2,1-2H3,(H,32,34)(H,33,35). The molecule has 2 aromatic carbocycles. The van der Waals surface area contributed by atoms with Gasteiger partial charge in [0.2, 0.25) is 0 Å². The van der Waals surface area contributed by atoms with Gasteiger partial charge in [0.25, 0.3) is 11.8 Å². The number of methoxy groups -OCH3 is 1. The van der Waals surface area contributed by atoms with Crippen LogP contribution in [0.2, 0.25) is 0 Å². The summed E-state index contributed by atoms with van der Waals surface area (Å²) in [5.74, 6) is 0.506. The van der Waals surface area contributed by atoms with Crippen molar-refractivity contribution in [3.63, 3.8) is 0 Å². The van der Waals surface area contributed by atoms with E-state index in [-0.39, 0.29) is 23.7 Å². The van der Waals surface area contributed by atoms with Crippen LogP contribution in [0.1, 0.15) is 82.9 Å². The van der Waals surface area contributed by atoms with Crippen LogP contribution in [0, 0.1) is 11.8 Å². The lowest BCUT2D eigenvalue weighted by molar-refractivity contribution is -0.149. The van der Waals surface area contributed by atoms with E-state index in [0.717, 1.165) is 44.1 Å². The second-order valence-electron chi connectivity index (χ2n) is 10.4. The number of hydrogen-bond acceptors (Lipinski definition) is 5. The number of carbonyl (C=O) groups is 3. The molecular formula is C31H40N2O5. The van der Waals surface area contributed by atoms with Gasteiger partial charge in [-0.2, -0.15) is 0 Å². The molecule has 2 aliphatic rings. The number of fused-ring (bicyclic) bond motifs is 1. The van der Waals surface area contributed by atoms with Crippen molar-refractivity contribution in [3.05, 3.63) is 64.2 Å². The fraction of sp³-hybridized carbons (Fsp3) is 0.516. The maximum absolute atomic E-state index is 13.0. The largest absolute Gasteiger partial charge is 0.496 e. The lowest BCUT2D eigenvalue weighted by Gasteiger charge is -2.27. The van der Waals surface area contributed by atoms with Gasteiger partial charge in [-0.15, -0.1) is 0 Å². The minimum Gasteiger partial charge on any atom is -0.496 e. The summed E-state index contributed by atoms with van der Waals surface area (Å²) in [6.07, 6.45) is 8.54. The zero-order chi connectivity index (χ0) is 26.9. The molecule has 0 radical (unpaired) electrons. The van der Waals surface area contributed by atoms with Crippen molar-refractivity contribution in [1.29, 1.82) is 0 Å². The summed E-state index contributed by atoms with van der Waals surface area (Å²) >= 11 is 0. The van der Waals surface area contributed by atoms with Crippen molar-refractivity contribution in [2.24, 2.45) is 11.8 Å². The molecule has 204 valence electrons. The molecule has 2 aliphatic carbocycles. The van der Waals surface area contributed by atoms with Gasteiger partial charge in [-0.1, -0.05) is 12.1 Å². The zero-order valence-electron chi connectivity index (χ0n) is 22.6. The van der Waals surface area contributed by atoms with Gasteiger partial charge in [-0.25, -0.2) is 0 Å². The van der Waals surface area contributed by atoms with Crippen LogP contribution in [0.5, 0.6) is 5.75 Å². The minimum atomic E-state index is -0.172. The van der Waals surface area contributed by atoms with E-state index in [1.54, 1.807) is 13.2 Å². The summed E-state index contributed by atoms with van der Waals surface area (Å²) in [6.45, 7) is 3.29. The number of carbonyl (C=O) groups excluding carboxylic acids is 3. The second kappa shape index (κ2) is 13.4. The number of nitrogens with one attached hydrogen (secondary N) is 2.